The topological polar surface area (TPSA) is 66.1 Å². The van der Waals surface area contributed by atoms with Crippen molar-refractivity contribution >= 4 is 11.7 Å². The fraction of sp³-hybridized carbons (Fsp3) is 0.500. The van der Waals surface area contributed by atoms with Crippen molar-refractivity contribution in [2.24, 2.45) is 0 Å². The van der Waals surface area contributed by atoms with E-state index in [1.807, 2.05) is 36.9 Å². The van der Waals surface area contributed by atoms with Gasteiger partial charge in [-0.05, 0) is 42.7 Å². The zero-order chi connectivity index (χ0) is 23.9. The van der Waals surface area contributed by atoms with E-state index in [0.717, 1.165) is 44.0 Å². The van der Waals surface area contributed by atoms with E-state index in [4.69, 9.17) is 9.47 Å². The Morgan fingerprint density at radius 1 is 0.971 bits per heavy atom. The second-order valence-corrected chi connectivity index (χ2v) is 9.19. The lowest BCUT2D eigenvalue weighted by molar-refractivity contribution is -0.00539. The van der Waals surface area contributed by atoms with Crippen LogP contribution in [0.1, 0.15) is 30.5 Å². The number of hydrogen-bond donors (Lipinski definition) is 2. The molecule has 2 amide bonds. The third kappa shape index (κ3) is 6.91. The Morgan fingerprint density at radius 2 is 1.62 bits per heavy atom. The van der Waals surface area contributed by atoms with E-state index in [9.17, 15) is 9.18 Å². The maximum atomic E-state index is 14.8. The second-order valence-electron chi connectivity index (χ2n) is 9.19. The molecule has 0 bridgehead atoms. The van der Waals surface area contributed by atoms with Gasteiger partial charge in [-0.25, -0.2) is 9.18 Å². The summed E-state index contributed by atoms with van der Waals surface area (Å²) < 4.78 is 25.9. The van der Waals surface area contributed by atoms with Gasteiger partial charge in [-0.2, -0.15) is 0 Å². The van der Waals surface area contributed by atoms with E-state index in [1.165, 1.54) is 11.6 Å². The maximum absolute atomic E-state index is 14.8. The molecule has 2 aliphatic heterocycles. The molecule has 34 heavy (non-hydrogen) atoms. The van der Waals surface area contributed by atoms with Crippen molar-refractivity contribution in [1.29, 1.82) is 0 Å². The van der Waals surface area contributed by atoms with Crippen molar-refractivity contribution in [3.8, 4) is 0 Å². The Hall–Kier alpha value is -2.68. The Kier molecular flexibility index (Phi) is 8.37. The number of nitrogens with one attached hydrogen (secondary N) is 2. The predicted octanol–water partition coefficient (Wildman–Crippen LogP) is 3.27. The van der Waals surface area contributed by atoms with Gasteiger partial charge in [0, 0.05) is 45.8 Å². The summed E-state index contributed by atoms with van der Waals surface area (Å²) in [5.74, 6) is -0.280. The fourth-order valence-corrected chi connectivity index (χ4v) is 4.57. The summed E-state index contributed by atoms with van der Waals surface area (Å²) in [5.41, 5.74) is 3.57. The minimum absolute atomic E-state index is 0.0632. The van der Waals surface area contributed by atoms with Crippen molar-refractivity contribution in [3.05, 3.63) is 65.0 Å². The standard InChI is InChI=1S/C26H35FN4O3/c1-19-16-31(17-20(2)34-19)25-7-6-22(13-24(25)27)15-29-26(32)28-14-21-4-3-5-23(12-21)18-30-8-10-33-11-9-30/h3-7,12-13,19-20H,8-11,14-18H2,1-2H3,(H2,28,29,32). The van der Waals surface area contributed by atoms with Crippen LogP contribution in [0.2, 0.25) is 0 Å². The second kappa shape index (κ2) is 11.6. The molecule has 0 aromatic heterocycles. The van der Waals surface area contributed by atoms with Crippen LogP contribution in [0.25, 0.3) is 0 Å². The molecule has 0 spiro atoms. The summed E-state index contributed by atoms with van der Waals surface area (Å²) in [6.45, 7) is 10.3. The fourth-order valence-electron chi connectivity index (χ4n) is 4.57. The number of anilines is 1. The molecule has 2 saturated heterocycles. The summed E-state index contributed by atoms with van der Waals surface area (Å²) in [4.78, 5) is 16.7. The number of nitrogens with zero attached hydrogens (tertiary/aromatic N) is 2. The molecule has 2 fully saturated rings. The number of ether oxygens (including phenoxy) is 2. The summed E-state index contributed by atoms with van der Waals surface area (Å²) in [6.07, 6.45) is 0.126. The quantitative estimate of drug-likeness (QED) is 0.650. The molecule has 0 saturated carbocycles. The summed E-state index contributed by atoms with van der Waals surface area (Å²) >= 11 is 0. The summed E-state index contributed by atoms with van der Waals surface area (Å²) in [7, 11) is 0. The monoisotopic (exact) mass is 470 g/mol. The first-order chi connectivity index (χ1) is 16.5. The molecule has 8 heteroatoms. The number of morpholine rings is 2. The van der Waals surface area contributed by atoms with Gasteiger partial charge in [-0.15, -0.1) is 0 Å². The highest BCUT2D eigenvalue weighted by Gasteiger charge is 2.24. The highest BCUT2D eigenvalue weighted by atomic mass is 19.1. The van der Waals surface area contributed by atoms with Gasteiger partial charge >= 0.3 is 6.03 Å². The van der Waals surface area contributed by atoms with Gasteiger partial charge in [0.1, 0.15) is 5.82 Å². The number of benzene rings is 2. The third-order valence-electron chi connectivity index (χ3n) is 6.18. The van der Waals surface area contributed by atoms with Crippen LogP contribution >= 0.6 is 0 Å². The molecule has 0 aliphatic carbocycles. The van der Waals surface area contributed by atoms with E-state index >= 15 is 0 Å². The molecular weight excluding hydrogens is 435 g/mol. The average Bonchev–Trinajstić information content (AvgIpc) is 2.82. The first-order valence-corrected chi connectivity index (χ1v) is 12.0. The highest BCUT2D eigenvalue weighted by molar-refractivity contribution is 5.73. The van der Waals surface area contributed by atoms with Gasteiger partial charge in [0.2, 0.25) is 0 Å². The van der Waals surface area contributed by atoms with Gasteiger partial charge < -0.3 is 25.0 Å². The van der Waals surface area contributed by atoms with Crippen LogP contribution in [0.4, 0.5) is 14.9 Å². The first kappa shape index (κ1) is 24.4. The van der Waals surface area contributed by atoms with Gasteiger partial charge in [0.05, 0.1) is 31.1 Å². The predicted molar refractivity (Wildman–Crippen MR) is 130 cm³/mol. The van der Waals surface area contributed by atoms with Crippen LogP contribution in [0.5, 0.6) is 0 Å². The number of carbonyl (C=O) groups is 1. The summed E-state index contributed by atoms with van der Waals surface area (Å²) in [5, 5.41) is 5.71. The number of carbonyl (C=O) groups excluding carboxylic acids is 1. The number of rotatable bonds is 7. The van der Waals surface area contributed by atoms with Crippen LogP contribution in [0.15, 0.2) is 42.5 Å². The van der Waals surface area contributed by atoms with E-state index in [0.29, 0.717) is 25.3 Å². The molecule has 0 radical (unpaired) electrons. The largest absolute Gasteiger partial charge is 0.379 e. The molecule has 2 heterocycles. The van der Waals surface area contributed by atoms with E-state index < -0.39 is 0 Å². The molecule has 2 atom stereocenters. The Balaban J connectivity index is 1.24. The van der Waals surface area contributed by atoms with Crippen LogP contribution in [-0.4, -0.2) is 62.5 Å². The first-order valence-electron chi connectivity index (χ1n) is 12.0. The zero-order valence-electron chi connectivity index (χ0n) is 20.1. The normalized spacial score (nSPS) is 21.3. The van der Waals surface area contributed by atoms with Crippen LogP contribution in [0.3, 0.4) is 0 Å². The Labute approximate surface area is 201 Å². The van der Waals surface area contributed by atoms with Crippen molar-refractivity contribution < 1.29 is 18.7 Å². The van der Waals surface area contributed by atoms with E-state index in [1.54, 1.807) is 6.07 Å². The number of amides is 2. The molecule has 7 nitrogen and oxygen atoms in total. The SMILES string of the molecule is CC1CN(c2ccc(CNC(=O)NCc3cccc(CN4CCOCC4)c3)cc2F)CC(C)O1. The maximum Gasteiger partial charge on any atom is 0.315 e. The Bertz CT molecular complexity index is 957. The number of hydrogen-bond acceptors (Lipinski definition) is 5. The highest BCUT2D eigenvalue weighted by Crippen LogP contribution is 2.24. The van der Waals surface area contributed by atoms with Crippen molar-refractivity contribution in [2.45, 2.75) is 45.7 Å². The van der Waals surface area contributed by atoms with Crippen molar-refractivity contribution in [3.63, 3.8) is 0 Å². The molecule has 4 rings (SSSR count). The summed E-state index contributed by atoms with van der Waals surface area (Å²) in [6, 6.07) is 13.1. The lowest BCUT2D eigenvalue weighted by atomic mass is 10.1. The lowest BCUT2D eigenvalue weighted by Gasteiger charge is -2.37. The van der Waals surface area contributed by atoms with Gasteiger partial charge in [0.15, 0.2) is 0 Å². The van der Waals surface area contributed by atoms with Crippen LogP contribution in [0, 0.1) is 5.82 Å². The molecule has 2 N–H and O–H groups in total. The molecule has 2 unspecified atom stereocenters. The van der Waals surface area contributed by atoms with Gasteiger partial charge in [0.25, 0.3) is 0 Å². The van der Waals surface area contributed by atoms with Crippen molar-refractivity contribution in [2.75, 3.05) is 44.3 Å². The van der Waals surface area contributed by atoms with Crippen LogP contribution < -0.4 is 15.5 Å². The smallest absolute Gasteiger partial charge is 0.315 e. The lowest BCUT2D eigenvalue weighted by Crippen LogP contribution is -2.45. The number of urea groups is 1. The van der Waals surface area contributed by atoms with Gasteiger partial charge in [-0.3, -0.25) is 4.90 Å². The Morgan fingerprint density at radius 3 is 2.29 bits per heavy atom. The van der Waals surface area contributed by atoms with Crippen molar-refractivity contribution in [1.82, 2.24) is 15.5 Å². The molecule has 2 aromatic carbocycles. The van der Waals surface area contributed by atoms with E-state index in [2.05, 4.69) is 27.7 Å². The molecule has 2 aromatic rings. The number of halogens is 1. The molecule has 184 valence electrons. The van der Waals surface area contributed by atoms with Gasteiger partial charge in [-0.1, -0.05) is 30.3 Å². The third-order valence-corrected chi connectivity index (χ3v) is 6.18. The molecular formula is C26H35FN4O3. The van der Waals surface area contributed by atoms with E-state index in [-0.39, 0.29) is 30.6 Å². The minimum Gasteiger partial charge on any atom is -0.379 e. The minimum atomic E-state index is -0.280. The van der Waals surface area contributed by atoms with Crippen LogP contribution in [-0.2, 0) is 29.1 Å². The average molecular weight is 471 g/mol. The molecule has 2 aliphatic rings. The zero-order valence-corrected chi connectivity index (χ0v) is 20.1.